The van der Waals surface area contributed by atoms with Crippen LogP contribution in [0, 0.1) is 0 Å². The standard InChI is InChI=1S/C28H26N2O5/c31-26(32)16-30(20-13-14-20)27(33)19-11-9-18(10-12-19)15-29-28(34)35-17-25-23-7-3-1-5-21(23)22-6-2-4-8-24(22)25/h1-12,20,25H,13-17H2,(H,29,34)(H,31,32). The van der Waals surface area contributed by atoms with Crippen molar-refractivity contribution >= 4 is 18.0 Å². The van der Waals surface area contributed by atoms with Crippen LogP contribution in [0.3, 0.4) is 0 Å². The Hall–Kier alpha value is -4.13. The second-order valence-electron chi connectivity index (χ2n) is 8.93. The zero-order valence-electron chi connectivity index (χ0n) is 19.1. The number of nitrogens with one attached hydrogen (secondary N) is 1. The number of nitrogens with zero attached hydrogens (tertiary/aromatic N) is 1. The van der Waals surface area contributed by atoms with Crippen LogP contribution in [-0.4, -0.2) is 47.2 Å². The number of ether oxygens (including phenoxy) is 1. The molecule has 1 saturated carbocycles. The topological polar surface area (TPSA) is 95.9 Å². The van der Waals surface area contributed by atoms with E-state index < -0.39 is 12.1 Å². The number of aliphatic carboxylic acids is 1. The number of amides is 2. The highest BCUT2D eigenvalue weighted by molar-refractivity contribution is 5.96. The molecule has 178 valence electrons. The normalized spacial score (nSPS) is 14.1. The lowest BCUT2D eigenvalue weighted by molar-refractivity contribution is -0.137. The minimum Gasteiger partial charge on any atom is -0.480 e. The first-order chi connectivity index (χ1) is 17.0. The van der Waals surface area contributed by atoms with Crippen molar-refractivity contribution in [1.29, 1.82) is 0 Å². The van der Waals surface area contributed by atoms with Gasteiger partial charge in [0.25, 0.3) is 5.91 Å². The van der Waals surface area contributed by atoms with Crippen LogP contribution in [-0.2, 0) is 16.1 Å². The second kappa shape index (κ2) is 9.62. The molecule has 7 heteroatoms. The van der Waals surface area contributed by atoms with Gasteiger partial charge in [0.05, 0.1) is 0 Å². The number of hydrogen-bond acceptors (Lipinski definition) is 4. The third kappa shape index (κ3) is 4.89. The van der Waals surface area contributed by atoms with Gasteiger partial charge in [0.15, 0.2) is 0 Å². The summed E-state index contributed by atoms with van der Waals surface area (Å²) in [6, 6.07) is 23.2. The molecule has 2 amide bonds. The number of rotatable bonds is 8. The van der Waals surface area contributed by atoms with Crippen LogP contribution >= 0.6 is 0 Å². The first-order valence-electron chi connectivity index (χ1n) is 11.7. The average molecular weight is 471 g/mol. The van der Waals surface area contributed by atoms with Crippen LogP contribution < -0.4 is 5.32 Å². The molecular formula is C28H26N2O5. The summed E-state index contributed by atoms with van der Waals surface area (Å²) >= 11 is 0. The molecule has 0 heterocycles. The van der Waals surface area contributed by atoms with E-state index in [1.165, 1.54) is 16.0 Å². The largest absolute Gasteiger partial charge is 0.480 e. The number of hydrogen-bond donors (Lipinski definition) is 2. The van der Waals surface area contributed by atoms with E-state index in [9.17, 15) is 14.4 Å². The fourth-order valence-electron chi connectivity index (χ4n) is 4.65. The van der Waals surface area contributed by atoms with Gasteiger partial charge in [-0.2, -0.15) is 0 Å². The molecule has 2 N–H and O–H groups in total. The van der Waals surface area contributed by atoms with Crippen LogP contribution in [0.15, 0.2) is 72.8 Å². The summed E-state index contributed by atoms with van der Waals surface area (Å²) in [5, 5.41) is 11.8. The van der Waals surface area contributed by atoms with Gasteiger partial charge in [0.2, 0.25) is 0 Å². The summed E-state index contributed by atoms with van der Waals surface area (Å²) in [6.45, 7) is 0.203. The molecule has 1 fully saturated rings. The molecule has 7 nitrogen and oxygen atoms in total. The summed E-state index contributed by atoms with van der Waals surface area (Å²) in [5.41, 5.74) is 5.91. The van der Waals surface area contributed by atoms with Crippen molar-refractivity contribution < 1.29 is 24.2 Å². The summed E-state index contributed by atoms with van der Waals surface area (Å²) in [5.74, 6) is -1.31. The molecular weight excluding hydrogens is 444 g/mol. The van der Waals surface area contributed by atoms with Crippen LogP contribution in [0.2, 0.25) is 0 Å². The highest BCUT2D eigenvalue weighted by Crippen LogP contribution is 2.44. The van der Waals surface area contributed by atoms with Crippen molar-refractivity contribution in [2.45, 2.75) is 31.3 Å². The predicted molar refractivity (Wildman–Crippen MR) is 130 cm³/mol. The minimum atomic E-state index is -1.02. The van der Waals surface area contributed by atoms with Gasteiger partial charge in [-0.05, 0) is 52.8 Å². The lowest BCUT2D eigenvalue weighted by Gasteiger charge is -2.20. The Bertz CT molecular complexity index is 1220. The molecule has 0 unspecified atom stereocenters. The maximum absolute atomic E-state index is 12.7. The smallest absolute Gasteiger partial charge is 0.407 e. The van der Waals surface area contributed by atoms with Gasteiger partial charge in [0.1, 0.15) is 13.2 Å². The lowest BCUT2D eigenvalue weighted by Crippen LogP contribution is -2.37. The van der Waals surface area contributed by atoms with Gasteiger partial charge in [0, 0.05) is 24.1 Å². The number of carbonyl (C=O) groups excluding carboxylic acids is 2. The molecule has 5 rings (SSSR count). The van der Waals surface area contributed by atoms with Crippen molar-refractivity contribution in [2.75, 3.05) is 13.2 Å². The Morgan fingerprint density at radius 3 is 2.06 bits per heavy atom. The highest BCUT2D eigenvalue weighted by Gasteiger charge is 2.34. The van der Waals surface area contributed by atoms with E-state index in [0.717, 1.165) is 29.5 Å². The summed E-state index contributed by atoms with van der Waals surface area (Å²) in [4.78, 5) is 37.6. The Morgan fingerprint density at radius 2 is 1.49 bits per heavy atom. The van der Waals surface area contributed by atoms with Crippen LogP contribution in [0.5, 0.6) is 0 Å². The first-order valence-corrected chi connectivity index (χ1v) is 11.7. The van der Waals surface area contributed by atoms with Gasteiger partial charge in [-0.25, -0.2) is 4.79 Å². The van der Waals surface area contributed by atoms with E-state index in [-0.39, 0.29) is 37.6 Å². The summed E-state index contributed by atoms with van der Waals surface area (Å²) in [6.07, 6.45) is 1.16. The molecule has 2 aliphatic carbocycles. The SMILES string of the molecule is O=C(O)CN(C(=O)c1ccc(CNC(=O)OCC2c3ccccc3-c3ccccc32)cc1)C1CC1. The summed E-state index contributed by atoms with van der Waals surface area (Å²) < 4.78 is 5.56. The Labute approximate surface area is 203 Å². The maximum atomic E-state index is 12.7. The molecule has 0 radical (unpaired) electrons. The fraction of sp³-hybridized carbons (Fsp3) is 0.250. The average Bonchev–Trinajstić information content (AvgIpc) is 3.67. The van der Waals surface area contributed by atoms with Gasteiger partial charge < -0.3 is 20.1 Å². The van der Waals surface area contributed by atoms with Crippen LogP contribution in [0.25, 0.3) is 11.1 Å². The number of alkyl carbamates (subject to hydrolysis) is 1. The van der Waals surface area contributed by atoms with Gasteiger partial charge >= 0.3 is 12.1 Å². The first kappa shape index (κ1) is 22.7. The van der Waals surface area contributed by atoms with Gasteiger partial charge in [-0.15, -0.1) is 0 Å². The molecule has 0 aromatic heterocycles. The van der Waals surface area contributed by atoms with E-state index in [0.29, 0.717) is 5.56 Å². The molecule has 2 aliphatic rings. The maximum Gasteiger partial charge on any atom is 0.407 e. The molecule has 0 atom stereocenters. The van der Waals surface area contributed by atoms with Gasteiger partial charge in [-0.3, -0.25) is 9.59 Å². The van der Waals surface area contributed by atoms with E-state index in [2.05, 4.69) is 29.6 Å². The molecule has 3 aromatic rings. The van der Waals surface area contributed by atoms with E-state index in [1.807, 2.05) is 24.3 Å². The third-order valence-corrected chi connectivity index (χ3v) is 6.54. The quantitative estimate of drug-likeness (QED) is 0.508. The van der Waals surface area contributed by atoms with E-state index in [1.54, 1.807) is 24.3 Å². The number of carbonyl (C=O) groups is 3. The van der Waals surface area contributed by atoms with Crippen molar-refractivity contribution in [3.05, 3.63) is 95.1 Å². The number of carboxylic acids is 1. The lowest BCUT2D eigenvalue weighted by atomic mass is 9.98. The van der Waals surface area contributed by atoms with Crippen molar-refractivity contribution in [2.24, 2.45) is 0 Å². The molecule has 35 heavy (non-hydrogen) atoms. The summed E-state index contributed by atoms with van der Waals surface area (Å²) in [7, 11) is 0. The number of fused-ring (bicyclic) bond motifs is 3. The fourth-order valence-corrected chi connectivity index (χ4v) is 4.65. The highest BCUT2D eigenvalue weighted by atomic mass is 16.5. The van der Waals surface area contributed by atoms with Crippen molar-refractivity contribution in [3.63, 3.8) is 0 Å². The molecule has 3 aromatic carbocycles. The predicted octanol–water partition coefficient (Wildman–Crippen LogP) is 4.41. The number of carboxylic acid groups (broad SMARTS) is 1. The van der Waals surface area contributed by atoms with Crippen molar-refractivity contribution in [3.8, 4) is 11.1 Å². The number of benzene rings is 3. The van der Waals surface area contributed by atoms with Crippen LogP contribution in [0.4, 0.5) is 4.79 Å². The van der Waals surface area contributed by atoms with Crippen molar-refractivity contribution in [1.82, 2.24) is 10.2 Å². The third-order valence-electron chi connectivity index (χ3n) is 6.54. The van der Waals surface area contributed by atoms with Crippen LogP contribution in [0.1, 0.15) is 45.8 Å². The Morgan fingerprint density at radius 1 is 0.886 bits per heavy atom. The monoisotopic (exact) mass is 470 g/mol. The second-order valence-corrected chi connectivity index (χ2v) is 8.93. The van der Waals surface area contributed by atoms with E-state index in [4.69, 9.17) is 9.84 Å². The molecule has 0 spiro atoms. The molecule has 0 saturated heterocycles. The molecule has 0 aliphatic heterocycles. The zero-order chi connectivity index (χ0) is 24.4. The minimum absolute atomic E-state index is 0.00124. The zero-order valence-corrected chi connectivity index (χ0v) is 19.1. The van der Waals surface area contributed by atoms with E-state index >= 15 is 0 Å². The Kier molecular flexibility index (Phi) is 6.23. The van der Waals surface area contributed by atoms with Gasteiger partial charge in [-0.1, -0.05) is 60.7 Å². The molecule has 0 bridgehead atoms. The Balaban J connectivity index is 1.16.